The van der Waals surface area contributed by atoms with Gasteiger partial charge in [0, 0.05) is 6.61 Å². The van der Waals surface area contributed by atoms with Gasteiger partial charge in [0.2, 0.25) is 0 Å². The van der Waals surface area contributed by atoms with Crippen LogP contribution in [0.25, 0.3) is 5.69 Å². The van der Waals surface area contributed by atoms with Crippen LogP contribution >= 0.6 is 0 Å². The Bertz CT molecular complexity index is 650. The first-order valence-corrected chi connectivity index (χ1v) is 6.24. The zero-order valence-electron chi connectivity index (χ0n) is 10.5. The molecule has 0 bridgehead atoms. The summed E-state index contributed by atoms with van der Waals surface area (Å²) >= 11 is 0. The standard InChI is InChI=1S/C13H12FN3O3/c14-8-4-1-2-5-9(8)17-12(10-6-3-7-20-10)11(13(18)19)15-16-17/h1-2,4-5,10H,3,6-7H2,(H,18,19). The van der Waals surface area contributed by atoms with E-state index in [2.05, 4.69) is 10.3 Å². The molecule has 3 rings (SSSR count). The maximum Gasteiger partial charge on any atom is 0.358 e. The lowest BCUT2D eigenvalue weighted by Gasteiger charge is -2.13. The van der Waals surface area contributed by atoms with Crippen LogP contribution in [0.2, 0.25) is 0 Å². The van der Waals surface area contributed by atoms with Gasteiger partial charge in [0.05, 0.1) is 0 Å². The van der Waals surface area contributed by atoms with E-state index in [1.54, 1.807) is 12.1 Å². The van der Waals surface area contributed by atoms with Crippen LogP contribution in [0.15, 0.2) is 24.3 Å². The SMILES string of the molecule is O=C(O)c1nnn(-c2ccccc2F)c1C1CCCO1. The van der Waals surface area contributed by atoms with Crippen LogP contribution in [0.4, 0.5) is 4.39 Å². The van der Waals surface area contributed by atoms with Gasteiger partial charge >= 0.3 is 5.97 Å². The molecule has 7 heteroatoms. The van der Waals surface area contributed by atoms with Crippen LogP contribution in [0.5, 0.6) is 0 Å². The van der Waals surface area contributed by atoms with Crippen molar-refractivity contribution in [1.82, 2.24) is 15.0 Å². The van der Waals surface area contributed by atoms with Gasteiger partial charge in [0.25, 0.3) is 0 Å². The Kier molecular flexibility index (Phi) is 3.19. The molecule has 0 spiro atoms. The Labute approximate surface area is 113 Å². The summed E-state index contributed by atoms with van der Waals surface area (Å²) in [6.07, 6.45) is 1.07. The number of carboxylic acids is 1. The van der Waals surface area contributed by atoms with Gasteiger partial charge in [-0.3, -0.25) is 0 Å². The number of halogens is 1. The van der Waals surface area contributed by atoms with Crippen molar-refractivity contribution in [2.24, 2.45) is 0 Å². The molecule has 6 nitrogen and oxygen atoms in total. The number of aromatic nitrogens is 3. The van der Waals surface area contributed by atoms with Gasteiger partial charge in [-0.05, 0) is 25.0 Å². The molecule has 1 N–H and O–H groups in total. The van der Waals surface area contributed by atoms with Gasteiger partial charge < -0.3 is 9.84 Å². The number of rotatable bonds is 3. The Hall–Kier alpha value is -2.28. The zero-order valence-corrected chi connectivity index (χ0v) is 10.5. The molecule has 1 atom stereocenters. The maximum atomic E-state index is 13.9. The number of hydrogen-bond donors (Lipinski definition) is 1. The molecule has 1 aliphatic heterocycles. The predicted molar refractivity (Wildman–Crippen MR) is 66.2 cm³/mol. The van der Waals surface area contributed by atoms with E-state index in [4.69, 9.17) is 4.74 Å². The Morgan fingerprint density at radius 3 is 2.90 bits per heavy atom. The lowest BCUT2D eigenvalue weighted by molar-refractivity contribution is 0.0673. The molecule has 0 saturated carbocycles. The van der Waals surface area contributed by atoms with Crippen molar-refractivity contribution in [3.8, 4) is 5.69 Å². The Balaban J connectivity index is 2.16. The first-order valence-electron chi connectivity index (χ1n) is 6.24. The summed E-state index contributed by atoms with van der Waals surface area (Å²) in [6, 6.07) is 6.02. The van der Waals surface area contributed by atoms with Crippen molar-refractivity contribution in [1.29, 1.82) is 0 Å². The fourth-order valence-corrected chi connectivity index (χ4v) is 2.33. The smallest absolute Gasteiger partial charge is 0.358 e. The molecule has 1 aromatic carbocycles. The molecule has 1 saturated heterocycles. The van der Waals surface area contributed by atoms with Crippen LogP contribution in [-0.2, 0) is 4.74 Å². The molecule has 0 amide bonds. The van der Waals surface area contributed by atoms with Gasteiger partial charge in [-0.25, -0.2) is 13.9 Å². The minimum absolute atomic E-state index is 0.165. The first-order chi connectivity index (χ1) is 9.68. The fourth-order valence-electron chi connectivity index (χ4n) is 2.33. The Morgan fingerprint density at radius 2 is 2.25 bits per heavy atom. The second-order valence-corrected chi connectivity index (χ2v) is 4.49. The predicted octanol–water partition coefficient (Wildman–Crippen LogP) is 1.96. The molecular weight excluding hydrogens is 265 g/mol. The quantitative estimate of drug-likeness (QED) is 0.927. The number of ether oxygens (including phenoxy) is 1. The average molecular weight is 277 g/mol. The molecule has 104 valence electrons. The molecule has 2 heterocycles. The molecule has 1 unspecified atom stereocenters. The molecule has 0 radical (unpaired) electrons. The zero-order chi connectivity index (χ0) is 14.1. The molecule has 20 heavy (non-hydrogen) atoms. The number of nitrogens with zero attached hydrogens (tertiary/aromatic N) is 3. The topological polar surface area (TPSA) is 77.2 Å². The Morgan fingerprint density at radius 1 is 1.45 bits per heavy atom. The summed E-state index contributed by atoms with van der Waals surface area (Å²) in [6.45, 7) is 0.548. The lowest BCUT2D eigenvalue weighted by Crippen LogP contribution is -2.12. The van der Waals surface area contributed by atoms with E-state index in [1.807, 2.05) is 0 Å². The lowest BCUT2D eigenvalue weighted by atomic mass is 10.1. The van der Waals surface area contributed by atoms with E-state index in [9.17, 15) is 14.3 Å². The number of para-hydroxylation sites is 1. The highest BCUT2D eigenvalue weighted by Gasteiger charge is 2.30. The number of carbonyl (C=O) groups is 1. The molecule has 0 aliphatic carbocycles. The fraction of sp³-hybridized carbons (Fsp3) is 0.308. The second kappa shape index (κ2) is 5.01. The monoisotopic (exact) mass is 277 g/mol. The van der Waals surface area contributed by atoms with Crippen LogP contribution in [0.3, 0.4) is 0 Å². The van der Waals surface area contributed by atoms with E-state index < -0.39 is 17.9 Å². The molecule has 1 fully saturated rings. The summed E-state index contributed by atoms with van der Waals surface area (Å²) in [5, 5.41) is 16.6. The minimum Gasteiger partial charge on any atom is -0.476 e. The molecule has 1 aromatic heterocycles. The third kappa shape index (κ3) is 2.05. The largest absolute Gasteiger partial charge is 0.476 e. The van der Waals surface area contributed by atoms with Gasteiger partial charge in [-0.2, -0.15) is 0 Å². The van der Waals surface area contributed by atoms with Crippen LogP contribution in [-0.4, -0.2) is 32.7 Å². The van der Waals surface area contributed by atoms with E-state index in [-0.39, 0.29) is 11.4 Å². The van der Waals surface area contributed by atoms with Gasteiger partial charge in [0.15, 0.2) is 5.69 Å². The van der Waals surface area contributed by atoms with Crippen LogP contribution in [0, 0.1) is 5.82 Å². The molecule has 2 aromatic rings. The minimum atomic E-state index is -1.20. The summed E-state index contributed by atoms with van der Waals surface area (Å²) in [4.78, 5) is 11.2. The summed E-state index contributed by atoms with van der Waals surface area (Å²) in [7, 11) is 0. The van der Waals surface area contributed by atoms with Crippen LogP contribution < -0.4 is 0 Å². The number of aromatic carboxylic acids is 1. The van der Waals surface area contributed by atoms with Crippen molar-refractivity contribution in [3.63, 3.8) is 0 Å². The molecular formula is C13H12FN3O3. The summed E-state index contributed by atoms with van der Waals surface area (Å²) in [5.74, 6) is -1.69. The van der Waals surface area contributed by atoms with Crippen molar-refractivity contribution in [3.05, 3.63) is 41.5 Å². The van der Waals surface area contributed by atoms with E-state index in [0.29, 0.717) is 18.7 Å². The highest BCUT2D eigenvalue weighted by atomic mass is 19.1. The summed E-state index contributed by atoms with van der Waals surface area (Å²) in [5.41, 5.74) is 0.262. The second-order valence-electron chi connectivity index (χ2n) is 4.49. The van der Waals surface area contributed by atoms with Gasteiger partial charge in [-0.1, -0.05) is 17.3 Å². The maximum absolute atomic E-state index is 13.9. The molecule has 1 aliphatic rings. The van der Waals surface area contributed by atoms with Crippen molar-refractivity contribution >= 4 is 5.97 Å². The summed E-state index contributed by atoms with van der Waals surface area (Å²) < 4.78 is 20.6. The van der Waals surface area contributed by atoms with Crippen molar-refractivity contribution in [2.45, 2.75) is 18.9 Å². The van der Waals surface area contributed by atoms with Crippen molar-refractivity contribution in [2.75, 3.05) is 6.61 Å². The van der Waals surface area contributed by atoms with Crippen LogP contribution in [0.1, 0.15) is 35.1 Å². The van der Waals surface area contributed by atoms with E-state index in [0.717, 1.165) is 6.42 Å². The van der Waals surface area contributed by atoms with E-state index in [1.165, 1.54) is 16.8 Å². The normalized spacial score (nSPS) is 18.4. The average Bonchev–Trinajstić information content (AvgIpc) is 3.07. The van der Waals surface area contributed by atoms with Crippen molar-refractivity contribution < 1.29 is 19.0 Å². The van der Waals surface area contributed by atoms with E-state index >= 15 is 0 Å². The number of benzene rings is 1. The third-order valence-electron chi connectivity index (χ3n) is 3.22. The number of carboxylic acid groups (broad SMARTS) is 1. The van der Waals surface area contributed by atoms with Gasteiger partial charge in [0.1, 0.15) is 23.3 Å². The third-order valence-corrected chi connectivity index (χ3v) is 3.22. The first kappa shape index (κ1) is 12.7. The van der Waals surface area contributed by atoms with Gasteiger partial charge in [-0.15, -0.1) is 5.10 Å². The highest BCUT2D eigenvalue weighted by Crippen LogP contribution is 2.31. The number of hydrogen-bond acceptors (Lipinski definition) is 4. The highest BCUT2D eigenvalue weighted by molar-refractivity contribution is 5.86.